The predicted molar refractivity (Wildman–Crippen MR) is 87.9 cm³/mol. The summed E-state index contributed by atoms with van der Waals surface area (Å²) in [5.74, 6) is 0.866. The van der Waals surface area contributed by atoms with Crippen LogP contribution in [0, 0.1) is 0 Å². The Morgan fingerprint density at radius 3 is 2.48 bits per heavy atom. The van der Waals surface area contributed by atoms with Crippen molar-refractivity contribution in [3.05, 3.63) is 65.7 Å². The Labute approximate surface area is 132 Å². The molecule has 1 atom stereocenters. The molecule has 3 nitrogen and oxygen atoms in total. The van der Waals surface area contributed by atoms with Crippen molar-refractivity contribution >= 4 is 12.4 Å². The average molecular weight is 308 g/mol. The van der Waals surface area contributed by atoms with Gasteiger partial charge in [-0.3, -0.25) is 0 Å². The summed E-state index contributed by atoms with van der Waals surface area (Å²) in [6.07, 6.45) is -0.326. The maximum absolute atomic E-state index is 9.21. The molecule has 0 aliphatic carbocycles. The number of hydrogen-bond acceptors (Lipinski definition) is 3. The quantitative estimate of drug-likeness (QED) is 0.825. The van der Waals surface area contributed by atoms with E-state index in [4.69, 9.17) is 4.74 Å². The normalized spacial score (nSPS) is 11.5. The lowest BCUT2D eigenvalue weighted by atomic mass is 10.2. The summed E-state index contributed by atoms with van der Waals surface area (Å²) in [6, 6.07) is 18.1. The molecule has 0 saturated heterocycles. The fraction of sp³-hybridized carbons (Fsp3) is 0.294. The second-order valence-electron chi connectivity index (χ2n) is 4.90. The van der Waals surface area contributed by atoms with E-state index < -0.39 is 0 Å². The zero-order valence-electron chi connectivity index (χ0n) is 12.2. The van der Waals surface area contributed by atoms with Gasteiger partial charge in [0.1, 0.15) is 12.4 Å². The topological polar surface area (TPSA) is 41.5 Å². The highest BCUT2D eigenvalue weighted by Crippen LogP contribution is 2.15. The van der Waals surface area contributed by atoms with Crippen molar-refractivity contribution in [3.63, 3.8) is 0 Å². The largest absolute Gasteiger partial charge is 0.489 e. The molecule has 4 heteroatoms. The molecule has 0 saturated carbocycles. The Morgan fingerprint density at radius 2 is 1.76 bits per heavy atom. The van der Waals surface area contributed by atoms with Crippen LogP contribution < -0.4 is 10.1 Å². The van der Waals surface area contributed by atoms with Crippen molar-refractivity contribution in [1.29, 1.82) is 0 Å². The molecule has 0 aliphatic rings. The molecule has 2 aromatic rings. The summed E-state index contributed by atoms with van der Waals surface area (Å²) >= 11 is 0. The van der Waals surface area contributed by atoms with Crippen molar-refractivity contribution in [2.24, 2.45) is 0 Å². The van der Waals surface area contributed by atoms with Gasteiger partial charge in [0.15, 0.2) is 0 Å². The first-order valence-electron chi connectivity index (χ1n) is 6.88. The van der Waals surface area contributed by atoms with Gasteiger partial charge in [0, 0.05) is 13.1 Å². The first-order valence-corrected chi connectivity index (χ1v) is 6.88. The summed E-state index contributed by atoms with van der Waals surface area (Å²) in [5.41, 5.74) is 2.31. The minimum atomic E-state index is -0.326. The van der Waals surface area contributed by atoms with Gasteiger partial charge in [-0.05, 0) is 30.2 Å². The maximum atomic E-state index is 9.21. The summed E-state index contributed by atoms with van der Waals surface area (Å²) in [6.45, 7) is 3.67. The van der Waals surface area contributed by atoms with Crippen LogP contribution >= 0.6 is 12.4 Å². The Kier molecular flexibility index (Phi) is 7.83. The van der Waals surface area contributed by atoms with Crippen LogP contribution in [0.1, 0.15) is 18.1 Å². The predicted octanol–water partition coefficient (Wildman–Crippen LogP) is 3.16. The summed E-state index contributed by atoms with van der Waals surface area (Å²) < 4.78 is 5.78. The Morgan fingerprint density at radius 1 is 1.05 bits per heavy atom. The van der Waals surface area contributed by atoms with Crippen LogP contribution in [0.4, 0.5) is 0 Å². The standard InChI is InChI=1S/C17H21NO2.ClH/c1-14(19)11-18-12-16-8-5-9-17(10-16)20-13-15-6-3-2-4-7-15;/h2-10,14,18-19H,11-13H2,1H3;1H. The number of aliphatic hydroxyl groups excluding tert-OH is 1. The van der Waals surface area contributed by atoms with Crippen LogP contribution in [0.15, 0.2) is 54.6 Å². The highest BCUT2D eigenvalue weighted by molar-refractivity contribution is 5.85. The number of halogens is 1. The highest BCUT2D eigenvalue weighted by Gasteiger charge is 1.99. The number of rotatable bonds is 7. The molecule has 2 N–H and O–H groups in total. The van der Waals surface area contributed by atoms with E-state index >= 15 is 0 Å². The lowest BCUT2D eigenvalue weighted by Gasteiger charge is -2.10. The SMILES string of the molecule is CC(O)CNCc1cccc(OCc2ccccc2)c1.Cl. The molecule has 0 bridgehead atoms. The lowest BCUT2D eigenvalue weighted by Crippen LogP contribution is -2.23. The third-order valence-corrected chi connectivity index (χ3v) is 2.92. The van der Waals surface area contributed by atoms with Crippen molar-refractivity contribution in [3.8, 4) is 5.75 Å². The van der Waals surface area contributed by atoms with E-state index in [0.29, 0.717) is 13.2 Å². The molecular formula is C17H22ClNO2. The average Bonchev–Trinajstić information content (AvgIpc) is 2.46. The van der Waals surface area contributed by atoms with Crippen LogP contribution in [0.3, 0.4) is 0 Å². The van der Waals surface area contributed by atoms with Gasteiger partial charge in [-0.15, -0.1) is 12.4 Å². The number of benzene rings is 2. The number of ether oxygens (including phenoxy) is 1. The van der Waals surface area contributed by atoms with E-state index in [2.05, 4.69) is 5.32 Å². The van der Waals surface area contributed by atoms with E-state index in [1.807, 2.05) is 54.6 Å². The summed E-state index contributed by atoms with van der Waals surface area (Å²) in [4.78, 5) is 0. The second kappa shape index (κ2) is 9.40. The molecule has 0 radical (unpaired) electrons. The Hall–Kier alpha value is -1.55. The van der Waals surface area contributed by atoms with Crippen molar-refractivity contribution in [1.82, 2.24) is 5.32 Å². The van der Waals surface area contributed by atoms with Gasteiger partial charge < -0.3 is 15.2 Å². The van der Waals surface area contributed by atoms with Crippen LogP contribution in [-0.4, -0.2) is 17.8 Å². The smallest absolute Gasteiger partial charge is 0.120 e. The van der Waals surface area contributed by atoms with Crippen molar-refractivity contribution < 1.29 is 9.84 Å². The molecule has 0 aromatic heterocycles. The Bertz CT molecular complexity index is 517. The first kappa shape index (κ1) is 17.5. The van der Waals surface area contributed by atoms with Crippen LogP contribution in [-0.2, 0) is 13.2 Å². The molecule has 2 rings (SSSR count). The zero-order chi connectivity index (χ0) is 14.2. The van der Waals surface area contributed by atoms with Crippen LogP contribution in [0.2, 0.25) is 0 Å². The molecule has 0 aliphatic heterocycles. The van der Waals surface area contributed by atoms with Gasteiger partial charge in [0.05, 0.1) is 6.10 Å². The second-order valence-corrected chi connectivity index (χ2v) is 4.90. The van der Waals surface area contributed by atoms with Gasteiger partial charge in [-0.1, -0.05) is 42.5 Å². The minimum absolute atomic E-state index is 0. The van der Waals surface area contributed by atoms with Crippen LogP contribution in [0.5, 0.6) is 5.75 Å². The first-order chi connectivity index (χ1) is 9.74. The third-order valence-electron chi connectivity index (χ3n) is 2.92. The van der Waals surface area contributed by atoms with E-state index in [0.717, 1.165) is 23.4 Å². The van der Waals surface area contributed by atoms with E-state index in [-0.39, 0.29) is 18.5 Å². The maximum Gasteiger partial charge on any atom is 0.120 e. The monoisotopic (exact) mass is 307 g/mol. The zero-order valence-corrected chi connectivity index (χ0v) is 13.0. The minimum Gasteiger partial charge on any atom is -0.489 e. The lowest BCUT2D eigenvalue weighted by molar-refractivity contribution is 0.191. The van der Waals surface area contributed by atoms with E-state index in [1.165, 1.54) is 0 Å². The van der Waals surface area contributed by atoms with Gasteiger partial charge in [-0.25, -0.2) is 0 Å². The van der Waals surface area contributed by atoms with Gasteiger partial charge in [0.2, 0.25) is 0 Å². The van der Waals surface area contributed by atoms with E-state index in [1.54, 1.807) is 6.92 Å². The fourth-order valence-corrected chi connectivity index (χ4v) is 1.91. The number of nitrogens with one attached hydrogen (secondary N) is 1. The van der Waals surface area contributed by atoms with Gasteiger partial charge in [-0.2, -0.15) is 0 Å². The summed E-state index contributed by atoms with van der Waals surface area (Å²) in [5, 5.41) is 12.4. The van der Waals surface area contributed by atoms with Crippen molar-refractivity contribution in [2.45, 2.75) is 26.2 Å². The molecule has 0 amide bonds. The van der Waals surface area contributed by atoms with E-state index in [9.17, 15) is 5.11 Å². The molecule has 114 valence electrons. The number of hydrogen-bond donors (Lipinski definition) is 2. The van der Waals surface area contributed by atoms with Crippen LogP contribution in [0.25, 0.3) is 0 Å². The fourth-order valence-electron chi connectivity index (χ4n) is 1.91. The van der Waals surface area contributed by atoms with Gasteiger partial charge >= 0.3 is 0 Å². The molecule has 21 heavy (non-hydrogen) atoms. The molecule has 1 unspecified atom stereocenters. The third kappa shape index (κ3) is 6.63. The summed E-state index contributed by atoms with van der Waals surface area (Å²) in [7, 11) is 0. The number of aliphatic hydroxyl groups is 1. The van der Waals surface area contributed by atoms with Gasteiger partial charge in [0.25, 0.3) is 0 Å². The highest BCUT2D eigenvalue weighted by atomic mass is 35.5. The Balaban J connectivity index is 0.00000220. The molecule has 0 fully saturated rings. The van der Waals surface area contributed by atoms with Crippen molar-refractivity contribution in [2.75, 3.05) is 6.54 Å². The molecule has 0 spiro atoms. The molecule has 0 heterocycles. The molecular weight excluding hydrogens is 286 g/mol. The molecule has 2 aromatic carbocycles.